The normalized spacial score (nSPS) is 20.1. The molecule has 1 atom stereocenters. The maximum Gasteiger partial charge on any atom is 0.253 e. The SMILES string of the molecule is COc1ccc(C(=O)N2CCC(c3cccs3)S(=O)(=O)CC2)cc1F. The molecular weight excluding hydrogens is 365 g/mol. The van der Waals surface area contributed by atoms with Gasteiger partial charge in [-0.15, -0.1) is 11.3 Å². The standard InChI is InChI=1S/C17H18FNO4S2/c1-23-14-5-4-12(11-13(14)18)17(20)19-7-6-16(15-3-2-9-24-15)25(21,22)10-8-19/h2-5,9,11,16H,6-8,10H2,1H3. The van der Waals surface area contributed by atoms with E-state index in [9.17, 15) is 17.6 Å². The molecular formula is C17H18FNO4S2. The number of rotatable bonds is 3. The molecule has 1 aromatic heterocycles. The van der Waals surface area contributed by atoms with Crippen molar-refractivity contribution in [2.24, 2.45) is 0 Å². The minimum absolute atomic E-state index is 0.0627. The second-order valence-corrected chi connectivity index (χ2v) is 9.08. The quantitative estimate of drug-likeness (QED) is 0.818. The number of nitrogens with zero attached hydrogens (tertiary/aromatic N) is 1. The van der Waals surface area contributed by atoms with Gasteiger partial charge in [0.2, 0.25) is 0 Å². The van der Waals surface area contributed by atoms with Crippen molar-refractivity contribution in [2.75, 3.05) is 26.0 Å². The van der Waals surface area contributed by atoms with E-state index in [4.69, 9.17) is 4.74 Å². The van der Waals surface area contributed by atoms with Crippen molar-refractivity contribution in [3.05, 3.63) is 52.0 Å². The Morgan fingerprint density at radius 3 is 2.76 bits per heavy atom. The minimum atomic E-state index is -3.33. The fraction of sp³-hybridized carbons (Fsp3) is 0.353. The molecule has 0 aliphatic carbocycles. The van der Waals surface area contributed by atoms with Gasteiger partial charge in [0.05, 0.1) is 18.1 Å². The number of amides is 1. The van der Waals surface area contributed by atoms with E-state index < -0.39 is 20.9 Å². The fourth-order valence-electron chi connectivity index (χ4n) is 2.92. The maximum atomic E-state index is 13.8. The lowest BCUT2D eigenvalue weighted by atomic mass is 10.1. The summed E-state index contributed by atoms with van der Waals surface area (Å²) in [6.07, 6.45) is 0.340. The van der Waals surface area contributed by atoms with Gasteiger partial charge in [0, 0.05) is 23.5 Å². The summed E-state index contributed by atoms with van der Waals surface area (Å²) in [6.45, 7) is 0.422. The Kier molecular flexibility index (Phi) is 5.10. The molecule has 3 rings (SSSR count). The molecule has 25 heavy (non-hydrogen) atoms. The van der Waals surface area contributed by atoms with Gasteiger partial charge in [-0.1, -0.05) is 6.07 Å². The molecule has 2 heterocycles. The number of halogens is 1. The van der Waals surface area contributed by atoms with Crippen LogP contribution in [0.15, 0.2) is 35.7 Å². The lowest BCUT2D eigenvalue weighted by molar-refractivity contribution is 0.0766. The van der Waals surface area contributed by atoms with Crippen molar-refractivity contribution < 1.29 is 22.3 Å². The number of ether oxygens (including phenoxy) is 1. The van der Waals surface area contributed by atoms with E-state index >= 15 is 0 Å². The number of carbonyl (C=O) groups excluding carboxylic acids is 1. The topological polar surface area (TPSA) is 63.7 Å². The summed E-state index contributed by atoms with van der Waals surface area (Å²) in [5.41, 5.74) is 0.185. The van der Waals surface area contributed by atoms with E-state index in [1.807, 2.05) is 17.5 Å². The van der Waals surface area contributed by atoms with Gasteiger partial charge < -0.3 is 9.64 Å². The third-order valence-electron chi connectivity index (χ3n) is 4.29. The van der Waals surface area contributed by atoms with Crippen LogP contribution in [0.2, 0.25) is 0 Å². The molecule has 1 fully saturated rings. The van der Waals surface area contributed by atoms with Crippen molar-refractivity contribution >= 4 is 27.1 Å². The largest absolute Gasteiger partial charge is 0.494 e. The minimum Gasteiger partial charge on any atom is -0.494 e. The van der Waals surface area contributed by atoms with Gasteiger partial charge in [-0.05, 0) is 36.1 Å². The van der Waals surface area contributed by atoms with Crippen LogP contribution in [-0.4, -0.2) is 45.2 Å². The molecule has 1 unspecified atom stereocenters. The molecule has 0 bridgehead atoms. The third-order valence-corrected chi connectivity index (χ3v) is 7.53. The Morgan fingerprint density at radius 1 is 1.32 bits per heavy atom. The molecule has 8 heteroatoms. The van der Waals surface area contributed by atoms with Gasteiger partial charge in [0.15, 0.2) is 21.4 Å². The summed E-state index contributed by atoms with van der Waals surface area (Å²) in [5.74, 6) is -1.02. The number of thiophene rings is 1. The van der Waals surface area contributed by atoms with Crippen molar-refractivity contribution in [3.8, 4) is 5.75 Å². The van der Waals surface area contributed by atoms with Crippen molar-refractivity contribution in [1.82, 2.24) is 4.90 Å². The summed E-state index contributed by atoms with van der Waals surface area (Å²) in [6, 6.07) is 7.63. The number of hydrogen-bond acceptors (Lipinski definition) is 5. The van der Waals surface area contributed by atoms with E-state index in [2.05, 4.69) is 0 Å². The van der Waals surface area contributed by atoms with E-state index in [1.54, 1.807) is 0 Å². The number of benzene rings is 1. The highest BCUT2D eigenvalue weighted by Crippen LogP contribution is 2.32. The zero-order valence-electron chi connectivity index (χ0n) is 13.6. The first-order valence-corrected chi connectivity index (χ1v) is 10.4. The van der Waals surface area contributed by atoms with Crippen molar-refractivity contribution in [3.63, 3.8) is 0 Å². The Bertz CT molecular complexity index is 865. The van der Waals surface area contributed by atoms with Crippen LogP contribution >= 0.6 is 11.3 Å². The zero-order valence-corrected chi connectivity index (χ0v) is 15.3. The van der Waals surface area contributed by atoms with Crippen molar-refractivity contribution in [1.29, 1.82) is 0 Å². The fourth-order valence-corrected chi connectivity index (χ4v) is 5.93. The summed E-state index contributed by atoms with van der Waals surface area (Å²) in [7, 11) is -1.98. The monoisotopic (exact) mass is 383 g/mol. The van der Waals surface area contributed by atoms with E-state index in [1.165, 1.54) is 35.5 Å². The van der Waals surface area contributed by atoms with Crippen LogP contribution in [0.4, 0.5) is 4.39 Å². The number of carbonyl (C=O) groups is 1. The summed E-state index contributed by atoms with van der Waals surface area (Å²) in [4.78, 5) is 14.9. The second-order valence-electron chi connectivity index (χ2n) is 5.80. The van der Waals surface area contributed by atoms with Crippen LogP contribution in [-0.2, 0) is 9.84 Å². The van der Waals surface area contributed by atoms with Crippen LogP contribution in [0.1, 0.15) is 26.9 Å². The van der Waals surface area contributed by atoms with Gasteiger partial charge in [0.25, 0.3) is 5.91 Å². The molecule has 5 nitrogen and oxygen atoms in total. The average molecular weight is 383 g/mol. The van der Waals surface area contributed by atoms with Crippen LogP contribution in [0.5, 0.6) is 5.75 Å². The van der Waals surface area contributed by atoms with Crippen molar-refractivity contribution in [2.45, 2.75) is 11.7 Å². The Labute approximate surface area is 150 Å². The highest BCUT2D eigenvalue weighted by molar-refractivity contribution is 7.91. The van der Waals surface area contributed by atoms with Crippen LogP contribution < -0.4 is 4.74 Å². The molecule has 1 amide bonds. The van der Waals surface area contributed by atoms with Gasteiger partial charge in [-0.3, -0.25) is 4.79 Å². The first kappa shape index (κ1) is 17.9. The molecule has 1 saturated heterocycles. The molecule has 1 aromatic carbocycles. The molecule has 0 spiro atoms. The average Bonchev–Trinajstić information content (AvgIpc) is 3.05. The number of sulfone groups is 1. The Hall–Kier alpha value is -1.93. The predicted molar refractivity (Wildman–Crippen MR) is 94.3 cm³/mol. The van der Waals surface area contributed by atoms with Crippen LogP contribution in [0.25, 0.3) is 0 Å². The zero-order chi connectivity index (χ0) is 18.0. The number of hydrogen-bond donors (Lipinski definition) is 0. The highest BCUT2D eigenvalue weighted by atomic mass is 32.2. The van der Waals surface area contributed by atoms with E-state index in [-0.39, 0.29) is 29.5 Å². The van der Waals surface area contributed by atoms with E-state index in [0.29, 0.717) is 13.0 Å². The Balaban J connectivity index is 1.80. The lowest BCUT2D eigenvalue weighted by Crippen LogP contribution is -2.33. The maximum absolute atomic E-state index is 13.8. The number of methoxy groups -OCH3 is 1. The molecule has 0 saturated carbocycles. The molecule has 2 aromatic rings. The van der Waals surface area contributed by atoms with E-state index in [0.717, 1.165) is 10.9 Å². The lowest BCUT2D eigenvalue weighted by Gasteiger charge is -2.20. The molecule has 0 N–H and O–H groups in total. The summed E-state index contributed by atoms with van der Waals surface area (Å²) >= 11 is 1.41. The van der Waals surface area contributed by atoms with Gasteiger partial charge in [-0.25, -0.2) is 12.8 Å². The van der Waals surface area contributed by atoms with Gasteiger partial charge in [0.1, 0.15) is 0 Å². The summed E-state index contributed by atoms with van der Waals surface area (Å²) < 4.78 is 43.8. The van der Waals surface area contributed by atoms with Gasteiger partial charge >= 0.3 is 0 Å². The Morgan fingerprint density at radius 2 is 2.12 bits per heavy atom. The predicted octanol–water partition coefficient (Wildman–Crippen LogP) is 2.90. The highest BCUT2D eigenvalue weighted by Gasteiger charge is 2.33. The summed E-state index contributed by atoms with van der Waals surface area (Å²) in [5, 5.41) is 1.26. The van der Waals surface area contributed by atoms with Crippen LogP contribution in [0, 0.1) is 5.82 Å². The molecule has 1 aliphatic rings. The molecule has 134 valence electrons. The molecule has 1 aliphatic heterocycles. The second kappa shape index (κ2) is 7.13. The smallest absolute Gasteiger partial charge is 0.253 e. The molecule has 0 radical (unpaired) electrons. The first-order chi connectivity index (χ1) is 11.9. The van der Waals surface area contributed by atoms with Crippen LogP contribution in [0.3, 0.4) is 0 Å². The first-order valence-electron chi connectivity index (χ1n) is 7.80. The third kappa shape index (κ3) is 3.69. The van der Waals surface area contributed by atoms with Gasteiger partial charge in [-0.2, -0.15) is 0 Å².